The molecule has 1 heterocycles. The van der Waals surface area contributed by atoms with Gasteiger partial charge in [-0.2, -0.15) is 0 Å². The van der Waals surface area contributed by atoms with E-state index in [1.54, 1.807) is 30.2 Å². The fraction of sp³-hybridized carbons (Fsp3) is 0.357. The Morgan fingerprint density at radius 1 is 1.47 bits per heavy atom. The van der Waals surface area contributed by atoms with Crippen LogP contribution in [-0.2, 0) is 0 Å². The Kier molecular flexibility index (Phi) is 5.24. The molecule has 5 heteroatoms. The first-order chi connectivity index (χ1) is 9.24. The summed E-state index contributed by atoms with van der Waals surface area (Å²) in [7, 11) is 1.68. The highest BCUT2D eigenvalue weighted by molar-refractivity contribution is 8.01. The van der Waals surface area contributed by atoms with E-state index in [2.05, 4.69) is 24.0 Å². The smallest absolute Gasteiger partial charge is 0.150 e. The van der Waals surface area contributed by atoms with Gasteiger partial charge in [0.1, 0.15) is 10.1 Å². The first kappa shape index (κ1) is 14.4. The Bertz CT molecular complexity index is 502. The molecule has 0 amide bonds. The van der Waals surface area contributed by atoms with Crippen molar-refractivity contribution in [3.8, 4) is 5.75 Å². The number of thiazole rings is 1. The molecule has 2 aromatic rings. The Morgan fingerprint density at radius 2 is 2.32 bits per heavy atom. The third-order valence-corrected chi connectivity index (χ3v) is 5.24. The SMILES string of the molecule is CCC(N)C(Sc1nccs1)c1cccc(OC)c1. The number of aromatic nitrogens is 1. The molecule has 2 unspecified atom stereocenters. The minimum absolute atomic E-state index is 0.0982. The summed E-state index contributed by atoms with van der Waals surface area (Å²) in [6, 6.07) is 8.21. The van der Waals surface area contributed by atoms with Gasteiger partial charge >= 0.3 is 0 Å². The average Bonchev–Trinajstić information content (AvgIpc) is 2.97. The van der Waals surface area contributed by atoms with Crippen molar-refractivity contribution in [3.05, 3.63) is 41.4 Å². The van der Waals surface area contributed by atoms with Crippen molar-refractivity contribution in [1.29, 1.82) is 0 Å². The lowest BCUT2D eigenvalue weighted by Gasteiger charge is -2.22. The lowest BCUT2D eigenvalue weighted by atomic mass is 10.0. The van der Waals surface area contributed by atoms with Crippen molar-refractivity contribution in [2.45, 2.75) is 29.0 Å². The minimum atomic E-state index is 0.0982. The molecule has 0 radical (unpaired) electrons. The fourth-order valence-corrected chi connectivity index (χ4v) is 3.86. The number of benzene rings is 1. The third kappa shape index (κ3) is 3.72. The summed E-state index contributed by atoms with van der Waals surface area (Å²) in [6.07, 6.45) is 2.76. The molecule has 1 aromatic heterocycles. The molecule has 0 aliphatic carbocycles. The highest BCUT2D eigenvalue weighted by Gasteiger charge is 2.21. The summed E-state index contributed by atoms with van der Waals surface area (Å²) in [6.45, 7) is 2.11. The van der Waals surface area contributed by atoms with Crippen molar-refractivity contribution >= 4 is 23.1 Å². The molecule has 2 atom stereocenters. The van der Waals surface area contributed by atoms with Crippen molar-refractivity contribution in [2.24, 2.45) is 5.73 Å². The van der Waals surface area contributed by atoms with Gasteiger partial charge in [-0.1, -0.05) is 30.8 Å². The lowest BCUT2D eigenvalue weighted by molar-refractivity contribution is 0.414. The zero-order chi connectivity index (χ0) is 13.7. The second-order valence-corrected chi connectivity index (χ2v) is 6.47. The monoisotopic (exact) mass is 294 g/mol. The molecule has 0 aliphatic heterocycles. The zero-order valence-electron chi connectivity index (χ0n) is 11.1. The maximum atomic E-state index is 6.27. The van der Waals surface area contributed by atoms with Gasteiger partial charge in [-0.25, -0.2) is 4.98 Å². The molecule has 1 aromatic carbocycles. The van der Waals surface area contributed by atoms with Crippen LogP contribution in [0, 0.1) is 0 Å². The number of ether oxygens (including phenoxy) is 1. The average molecular weight is 294 g/mol. The van der Waals surface area contributed by atoms with Gasteiger partial charge in [0.15, 0.2) is 0 Å². The van der Waals surface area contributed by atoms with Crippen LogP contribution in [0.3, 0.4) is 0 Å². The van der Waals surface area contributed by atoms with E-state index in [1.807, 2.05) is 23.7 Å². The topological polar surface area (TPSA) is 48.1 Å². The van der Waals surface area contributed by atoms with E-state index in [0.717, 1.165) is 16.5 Å². The van der Waals surface area contributed by atoms with Crippen LogP contribution in [0.5, 0.6) is 5.75 Å². The van der Waals surface area contributed by atoms with E-state index in [4.69, 9.17) is 10.5 Å². The molecular formula is C14H18N2OS2. The number of nitrogens with two attached hydrogens (primary N) is 1. The van der Waals surface area contributed by atoms with E-state index in [9.17, 15) is 0 Å². The maximum absolute atomic E-state index is 6.27. The largest absolute Gasteiger partial charge is 0.497 e. The van der Waals surface area contributed by atoms with Crippen LogP contribution >= 0.6 is 23.1 Å². The number of rotatable bonds is 6. The number of nitrogens with zero attached hydrogens (tertiary/aromatic N) is 1. The standard InChI is InChI=1S/C14H18N2OS2/c1-3-12(15)13(19-14-16-7-8-18-14)10-5-4-6-11(9-10)17-2/h4-9,12-13H,3,15H2,1-2H3. The molecule has 3 nitrogen and oxygen atoms in total. The van der Waals surface area contributed by atoms with Crippen molar-refractivity contribution in [2.75, 3.05) is 7.11 Å². The maximum Gasteiger partial charge on any atom is 0.150 e. The lowest BCUT2D eigenvalue weighted by Crippen LogP contribution is -2.25. The Hall–Kier alpha value is -1.04. The van der Waals surface area contributed by atoms with Crippen LogP contribution in [0.25, 0.3) is 0 Å². The van der Waals surface area contributed by atoms with Crippen molar-refractivity contribution < 1.29 is 4.74 Å². The van der Waals surface area contributed by atoms with Gasteiger partial charge in [-0.3, -0.25) is 0 Å². The van der Waals surface area contributed by atoms with Crippen molar-refractivity contribution in [3.63, 3.8) is 0 Å². The third-order valence-electron chi connectivity index (χ3n) is 2.92. The molecule has 0 aliphatic rings. The molecule has 0 spiro atoms. The predicted molar refractivity (Wildman–Crippen MR) is 82.0 cm³/mol. The first-order valence-corrected chi connectivity index (χ1v) is 7.96. The summed E-state index contributed by atoms with van der Waals surface area (Å²) in [5, 5.41) is 2.19. The van der Waals surface area contributed by atoms with Gasteiger partial charge in [0.2, 0.25) is 0 Å². The quantitative estimate of drug-likeness (QED) is 0.825. The number of methoxy groups -OCH3 is 1. The fourth-order valence-electron chi connectivity index (χ4n) is 1.81. The Morgan fingerprint density at radius 3 is 2.95 bits per heavy atom. The Labute approximate surface area is 122 Å². The molecular weight excluding hydrogens is 276 g/mol. The summed E-state index contributed by atoms with van der Waals surface area (Å²) in [4.78, 5) is 4.34. The molecule has 2 N–H and O–H groups in total. The van der Waals surface area contributed by atoms with Crippen LogP contribution in [0.2, 0.25) is 0 Å². The minimum Gasteiger partial charge on any atom is -0.497 e. The van der Waals surface area contributed by atoms with Crippen molar-refractivity contribution in [1.82, 2.24) is 4.98 Å². The first-order valence-electron chi connectivity index (χ1n) is 6.20. The van der Waals surface area contributed by atoms with Crippen LogP contribution in [-0.4, -0.2) is 18.1 Å². The number of thioether (sulfide) groups is 1. The van der Waals surface area contributed by atoms with Gasteiger partial charge in [0.05, 0.1) is 12.4 Å². The molecule has 19 heavy (non-hydrogen) atoms. The van der Waals surface area contributed by atoms with Gasteiger partial charge < -0.3 is 10.5 Å². The highest BCUT2D eigenvalue weighted by Crippen LogP contribution is 2.39. The van der Waals surface area contributed by atoms with E-state index in [0.29, 0.717) is 0 Å². The van der Waals surface area contributed by atoms with Gasteiger partial charge in [-0.05, 0) is 24.1 Å². The molecule has 0 bridgehead atoms. The highest BCUT2D eigenvalue weighted by atomic mass is 32.2. The molecule has 0 saturated heterocycles. The summed E-state index contributed by atoms with van der Waals surface area (Å²) in [5.41, 5.74) is 7.46. The van der Waals surface area contributed by atoms with Crippen LogP contribution in [0.15, 0.2) is 40.2 Å². The molecule has 2 rings (SSSR count). The van der Waals surface area contributed by atoms with E-state index in [-0.39, 0.29) is 11.3 Å². The van der Waals surface area contributed by atoms with E-state index in [1.165, 1.54) is 5.56 Å². The summed E-state index contributed by atoms with van der Waals surface area (Å²) >= 11 is 3.38. The molecule has 102 valence electrons. The number of hydrogen-bond acceptors (Lipinski definition) is 5. The van der Waals surface area contributed by atoms with Crippen LogP contribution in [0.4, 0.5) is 0 Å². The predicted octanol–water partition coefficient (Wildman–Crippen LogP) is 3.72. The molecule has 0 saturated carbocycles. The van der Waals surface area contributed by atoms with Gasteiger partial charge in [-0.15, -0.1) is 11.3 Å². The van der Waals surface area contributed by atoms with E-state index < -0.39 is 0 Å². The molecule has 0 fully saturated rings. The van der Waals surface area contributed by atoms with E-state index >= 15 is 0 Å². The summed E-state index contributed by atoms with van der Waals surface area (Å²) < 4.78 is 6.34. The normalized spacial score (nSPS) is 14.1. The Balaban J connectivity index is 2.25. The zero-order valence-corrected chi connectivity index (χ0v) is 12.7. The van der Waals surface area contributed by atoms with Crippen LogP contribution in [0.1, 0.15) is 24.2 Å². The summed E-state index contributed by atoms with van der Waals surface area (Å²) in [5.74, 6) is 0.866. The van der Waals surface area contributed by atoms with Gasteiger partial charge in [0.25, 0.3) is 0 Å². The second-order valence-electron chi connectivity index (χ2n) is 4.19. The van der Waals surface area contributed by atoms with Gasteiger partial charge in [0, 0.05) is 17.6 Å². The number of hydrogen-bond donors (Lipinski definition) is 1. The van der Waals surface area contributed by atoms with Crippen LogP contribution < -0.4 is 10.5 Å². The second kappa shape index (κ2) is 6.93.